The van der Waals surface area contributed by atoms with Crippen molar-refractivity contribution in [2.45, 2.75) is 44.2 Å². The zero-order chi connectivity index (χ0) is 8.39. The first-order valence-corrected chi connectivity index (χ1v) is 5.30. The van der Waals surface area contributed by atoms with Crippen molar-refractivity contribution in [1.29, 1.82) is 0 Å². The van der Waals surface area contributed by atoms with E-state index in [2.05, 4.69) is 17.3 Å². The Kier molecular flexibility index (Phi) is 2.66. The number of rotatable bonds is 2. The second-order valence-electron chi connectivity index (χ2n) is 4.25. The molecule has 1 aliphatic heterocycles. The van der Waals surface area contributed by atoms with Crippen molar-refractivity contribution < 1.29 is 0 Å². The molecule has 1 N–H and O–H groups in total. The van der Waals surface area contributed by atoms with Gasteiger partial charge in [-0.15, -0.1) is 0 Å². The monoisotopic (exact) mass is 168 g/mol. The molecule has 2 fully saturated rings. The minimum Gasteiger partial charge on any atom is -0.315 e. The normalized spacial score (nSPS) is 32.0. The first kappa shape index (κ1) is 8.52. The molecule has 0 bridgehead atoms. The Hall–Kier alpha value is -0.0800. The van der Waals surface area contributed by atoms with Gasteiger partial charge in [-0.25, -0.2) is 0 Å². The van der Waals surface area contributed by atoms with Gasteiger partial charge in [-0.05, 0) is 39.3 Å². The lowest BCUT2D eigenvalue weighted by molar-refractivity contribution is 0.221. The van der Waals surface area contributed by atoms with Gasteiger partial charge >= 0.3 is 0 Å². The van der Waals surface area contributed by atoms with Crippen LogP contribution in [0.4, 0.5) is 0 Å². The quantitative estimate of drug-likeness (QED) is 0.667. The van der Waals surface area contributed by atoms with Gasteiger partial charge in [-0.1, -0.05) is 6.42 Å². The van der Waals surface area contributed by atoms with Gasteiger partial charge < -0.3 is 5.32 Å². The highest BCUT2D eigenvalue weighted by Gasteiger charge is 2.30. The molecular weight excluding hydrogens is 148 g/mol. The molecule has 0 radical (unpaired) electrons. The molecule has 0 aromatic carbocycles. The maximum atomic E-state index is 3.52. The molecule has 1 unspecified atom stereocenters. The fraction of sp³-hybridized carbons (Fsp3) is 1.00. The van der Waals surface area contributed by atoms with E-state index in [1.807, 2.05) is 0 Å². The second-order valence-corrected chi connectivity index (χ2v) is 4.25. The Morgan fingerprint density at radius 3 is 2.67 bits per heavy atom. The summed E-state index contributed by atoms with van der Waals surface area (Å²) >= 11 is 0. The molecule has 1 saturated carbocycles. The van der Waals surface area contributed by atoms with Crippen molar-refractivity contribution >= 4 is 0 Å². The summed E-state index contributed by atoms with van der Waals surface area (Å²) in [5.41, 5.74) is 0. The van der Waals surface area contributed by atoms with E-state index in [9.17, 15) is 0 Å². The lowest BCUT2D eigenvalue weighted by atomic mass is 10.1. The summed E-state index contributed by atoms with van der Waals surface area (Å²) in [5, 5.41) is 3.52. The van der Waals surface area contributed by atoms with Crippen molar-refractivity contribution in [2.24, 2.45) is 0 Å². The number of nitrogens with zero attached hydrogens (tertiary/aromatic N) is 1. The smallest absolute Gasteiger partial charge is 0.0220 e. The van der Waals surface area contributed by atoms with Crippen LogP contribution in [0.15, 0.2) is 0 Å². The molecule has 2 nitrogen and oxygen atoms in total. The molecule has 1 aliphatic carbocycles. The summed E-state index contributed by atoms with van der Waals surface area (Å²) in [6.45, 7) is 2.45. The van der Waals surface area contributed by atoms with E-state index in [0.717, 1.165) is 12.1 Å². The number of nitrogens with one attached hydrogen (secondary N) is 1. The molecule has 2 rings (SSSR count). The largest absolute Gasteiger partial charge is 0.315 e. The fourth-order valence-electron chi connectivity index (χ4n) is 2.13. The zero-order valence-corrected chi connectivity index (χ0v) is 8.05. The van der Waals surface area contributed by atoms with E-state index in [0.29, 0.717) is 0 Å². The van der Waals surface area contributed by atoms with Gasteiger partial charge in [0.1, 0.15) is 0 Å². The van der Waals surface area contributed by atoms with Gasteiger partial charge in [0.25, 0.3) is 0 Å². The van der Waals surface area contributed by atoms with Gasteiger partial charge in [0.2, 0.25) is 0 Å². The summed E-state index contributed by atoms with van der Waals surface area (Å²) in [7, 11) is 2.30. The van der Waals surface area contributed by atoms with Crippen molar-refractivity contribution in [3.63, 3.8) is 0 Å². The van der Waals surface area contributed by atoms with Crippen molar-refractivity contribution in [3.8, 4) is 0 Å². The van der Waals surface area contributed by atoms with Gasteiger partial charge in [0.05, 0.1) is 0 Å². The van der Waals surface area contributed by atoms with Gasteiger partial charge in [-0.3, -0.25) is 4.90 Å². The van der Waals surface area contributed by atoms with Gasteiger partial charge in [0.15, 0.2) is 0 Å². The second kappa shape index (κ2) is 3.75. The van der Waals surface area contributed by atoms with Crippen LogP contribution in [0.1, 0.15) is 32.1 Å². The van der Waals surface area contributed by atoms with Crippen LogP contribution in [-0.2, 0) is 0 Å². The maximum absolute atomic E-state index is 3.52. The molecule has 0 aromatic rings. The van der Waals surface area contributed by atoms with E-state index in [4.69, 9.17) is 0 Å². The van der Waals surface area contributed by atoms with Crippen LogP contribution in [-0.4, -0.2) is 37.1 Å². The summed E-state index contributed by atoms with van der Waals surface area (Å²) in [5.74, 6) is 0. The maximum Gasteiger partial charge on any atom is 0.0220 e. The molecule has 70 valence electrons. The molecule has 2 heteroatoms. The predicted octanol–water partition coefficient (Wildman–Crippen LogP) is 1.22. The third-order valence-corrected chi connectivity index (χ3v) is 3.22. The van der Waals surface area contributed by atoms with E-state index in [1.54, 1.807) is 0 Å². The standard InChI is InChI=1S/C10H20N2/c1-12(9-5-6-9)10-4-2-3-7-11-8-10/h9-11H,2-8H2,1H3. The Labute approximate surface area is 75.3 Å². The third kappa shape index (κ3) is 1.99. The van der Waals surface area contributed by atoms with Crippen LogP contribution >= 0.6 is 0 Å². The Balaban J connectivity index is 1.82. The Morgan fingerprint density at radius 2 is 1.92 bits per heavy atom. The molecule has 1 heterocycles. The average molecular weight is 168 g/mol. The number of hydrogen-bond acceptors (Lipinski definition) is 2. The van der Waals surface area contributed by atoms with E-state index >= 15 is 0 Å². The predicted molar refractivity (Wildman–Crippen MR) is 51.3 cm³/mol. The molecule has 0 spiro atoms. The minimum atomic E-state index is 0.819. The minimum absolute atomic E-state index is 0.819. The van der Waals surface area contributed by atoms with Crippen LogP contribution in [0.2, 0.25) is 0 Å². The highest BCUT2D eigenvalue weighted by atomic mass is 15.2. The molecule has 2 aliphatic rings. The fourth-order valence-corrected chi connectivity index (χ4v) is 2.13. The van der Waals surface area contributed by atoms with E-state index in [1.165, 1.54) is 45.2 Å². The van der Waals surface area contributed by atoms with Gasteiger partial charge in [-0.2, -0.15) is 0 Å². The highest BCUT2D eigenvalue weighted by Crippen LogP contribution is 2.28. The summed E-state index contributed by atoms with van der Waals surface area (Å²) in [4.78, 5) is 2.60. The van der Waals surface area contributed by atoms with E-state index < -0.39 is 0 Å². The van der Waals surface area contributed by atoms with Crippen molar-refractivity contribution in [1.82, 2.24) is 10.2 Å². The average Bonchev–Trinajstić information content (AvgIpc) is 2.92. The molecule has 1 atom stereocenters. The number of likely N-dealkylation sites (N-methyl/N-ethyl adjacent to an activating group) is 1. The summed E-state index contributed by atoms with van der Waals surface area (Å²) in [6, 6.07) is 1.75. The highest BCUT2D eigenvalue weighted by molar-refractivity contribution is 4.88. The third-order valence-electron chi connectivity index (χ3n) is 3.22. The van der Waals surface area contributed by atoms with Gasteiger partial charge in [0, 0.05) is 18.6 Å². The van der Waals surface area contributed by atoms with Crippen molar-refractivity contribution in [3.05, 3.63) is 0 Å². The Bertz CT molecular complexity index is 135. The first-order chi connectivity index (χ1) is 5.88. The van der Waals surface area contributed by atoms with Crippen molar-refractivity contribution in [2.75, 3.05) is 20.1 Å². The molecule has 12 heavy (non-hydrogen) atoms. The van der Waals surface area contributed by atoms with Crippen LogP contribution in [0, 0.1) is 0 Å². The summed E-state index contributed by atoms with van der Waals surface area (Å²) < 4.78 is 0. The lowest BCUT2D eigenvalue weighted by Gasteiger charge is -2.26. The topological polar surface area (TPSA) is 15.3 Å². The molecular formula is C10H20N2. The Morgan fingerprint density at radius 1 is 1.08 bits per heavy atom. The first-order valence-electron chi connectivity index (χ1n) is 5.30. The van der Waals surface area contributed by atoms with Crippen LogP contribution in [0.5, 0.6) is 0 Å². The molecule has 1 saturated heterocycles. The molecule has 0 aromatic heterocycles. The van der Waals surface area contributed by atoms with E-state index in [-0.39, 0.29) is 0 Å². The lowest BCUT2D eigenvalue weighted by Crippen LogP contribution is -2.39. The zero-order valence-electron chi connectivity index (χ0n) is 8.05. The SMILES string of the molecule is CN(C1CC1)C1CCCCNC1. The van der Waals surface area contributed by atoms with Crippen LogP contribution < -0.4 is 5.32 Å². The number of hydrogen-bond donors (Lipinski definition) is 1. The van der Waals surface area contributed by atoms with Crippen LogP contribution in [0.3, 0.4) is 0 Å². The van der Waals surface area contributed by atoms with Crippen LogP contribution in [0.25, 0.3) is 0 Å². The molecule has 0 amide bonds. The summed E-state index contributed by atoms with van der Waals surface area (Å²) in [6.07, 6.45) is 7.06.